The molecule has 3 aromatic rings. The number of para-hydroxylation sites is 1. The smallest absolute Gasteiger partial charge is 0.261 e. The third-order valence-corrected chi connectivity index (χ3v) is 5.22. The van der Waals surface area contributed by atoms with Crippen molar-refractivity contribution in [1.82, 2.24) is 14.5 Å². The van der Waals surface area contributed by atoms with E-state index in [4.69, 9.17) is 9.47 Å². The van der Waals surface area contributed by atoms with Gasteiger partial charge in [-0.2, -0.15) is 0 Å². The first kappa shape index (κ1) is 20.9. The van der Waals surface area contributed by atoms with E-state index >= 15 is 0 Å². The van der Waals surface area contributed by atoms with E-state index in [0.29, 0.717) is 11.9 Å². The highest BCUT2D eigenvalue weighted by molar-refractivity contribution is 5.76. The number of rotatable bonds is 10. The van der Waals surface area contributed by atoms with Crippen molar-refractivity contribution in [2.24, 2.45) is 0 Å². The second-order valence-corrected chi connectivity index (χ2v) is 6.99. The predicted octanol–water partition coefficient (Wildman–Crippen LogP) is 3.37. The molecule has 0 radical (unpaired) electrons. The number of nitrogens with zero attached hydrogens (tertiary/aromatic N) is 3. The minimum atomic E-state index is 0.0315. The summed E-state index contributed by atoms with van der Waals surface area (Å²) >= 11 is 0. The van der Waals surface area contributed by atoms with Crippen molar-refractivity contribution in [1.29, 1.82) is 0 Å². The number of fused-ring (bicyclic) bond motifs is 1. The molecule has 0 N–H and O–H groups in total. The highest BCUT2D eigenvalue weighted by atomic mass is 16.5. The quantitative estimate of drug-likeness (QED) is 0.527. The largest absolute Gasteiger partial charge is 0.493 e. The molecule has 0 bridgehead atoms. The molecule has 29 heavy (non-hydrogen) atoms. The fourth-order valence-electron chi connectivity index (χ4n) is 3.48. The molecule has 0 aliphatic heterocycles. The average Bonchev–Trinajstić information content (AvgIpc) is 2.77. The number of aromatic nitrogens is 2. The maximum atomic E-state index is 12.6. The maximum Gasteiger partial charge on any atom is 0.261 e. The Balaban J connectivity index is 1.54. The van der Waals surface area contributed by atoms with Crippen molar-refractivity contribution >= 4 is 10.9 Å². The molecule has 6 nitrogen and oxygen atoms in total. The van der Waals surface area contributed by atoms with Gasteiger partial charge in [-0.25, -0.2) is 4.98 Å². The molecule has 0 saturated carbocycles. The van der Waals surface area contributed by atoms with E-state index < -0.39 is 0 Å². The number of methoxy groups -OCH3 is 2. The van der Waals surface area contributed by atoms with Gasteiger partial charge in [0.1, 0.15) is 0 Å². The zero-order valence-electron chi connectivity index (χ0n) is 17.4. The second kappa shape index (κ2) is 10.1. The van der Waals surface area contributed by atoms with Crippen LogP contribution in [0.15, 0.2) is 53.6 Å². The maximum absolute atomic E-state index is 12.6. The molecule has 0 atom stereocenters. The summed E-state index contributed by atoms with van der Waals surface area (Å²) < 4.78 is 12.4. The SMILES string of the molecule is CCN(CCCn1cnc2ccccc2c1=O)CCc1ccc(OC)c(OC)c1. The van der Waals surface area contributed by atoms with E-state index in [1.54, 1.807) is 25.1 Å². The summed E-state index contributed by atoms with van der Waals surface area (Å²) in [5.41, 5.74) is 2.00. The van der Waals surface area contributed by atoms with Gasteiger partial charge >= 0.3 is 0 Å². The topological polar surface area (TPSA) is 56.6 Å². The Kier molecular flexibility index (Phi) is 7.25. The summed E-state index contributed by atoms with van der Waals surface area (Å²) in [7, 11) is 3.30. The molecule has 2 aromatic carbocycles. The lowest BCUT2D eigenvalue weighted by Gasteiger charge is -2.21. The third-order valence-electron chi connectivity index (χ3n) is 5.22. The van der Waals surface area contributed by atoms with Crippen LogP contribution in [-0.4, -0.2) is 48.3 Å². The van der Waals surface area contributed by atoms with Crippen LogP contribution in [0.5, 0.6) is 11.5 Å². The molecule has 0 unspecified atom stereocenters. The molecule has 0 aliphatic rings. The van der Waals surface area contributed by atoms with Gasteiger partial charge in [-0.3, -0.25) is 9.36 Å². The van der Waals surface area contributed by atoms with Crippen LogP contribution >= 0.6 is 0 Å². The van der Waals surface area contributed by atoms with E-state index in [2.05, 4.69) is 22.9 Å². The molecule has 0 saturated heterocycles. The number of benzene rings is 2. The van der Waals surface area contributed by atoms with Crippen LogP contribution in [0.4, 0.5) is 0 Å². The standard InChI is InChI=1S/C23H29N3O3/c1-4-25(15-12-18-10-11-21(28-2)22(16-18)29-3)13-7-14-26-17-24-20-9-6-5-8-19(20)23(26)27/h5-6,8-11,16-17H,4,7,12-15H2,1-3H3. The molecular formula is C23H29N3O3. The van der Waals surface area contributed by atoms with E-state index in [9.17, 15) is 4.79 Å². The summed E-state index contributed by atoms with van der Waals surface area (Å²) in [5.74, 6) is 1.51. The van der Waals surface area contributed by atoms with Gasteiger partial charge in [-0.05, 0) is 55.8 Å². The van der Waals surface area contributed by atoms with Crippen molar-refractivity contribution in [2.75, 3.05) is 33.9 Å². The number of likely N-dealkylation sites (N-methyl/N-ethyl adjacent to an activating group) is 1. The van der Waals surface area contributed by atoms with Crippen molar-refractivity contribution in [2.45, 2.75) is 26.3 Å². The van der Waals surface area contributed by atoms with Gasteiger partial charge in [0.2, 0.25) is 0 Å². The first-order valence-electron chi connectivity index (χ1n) is 10.0. The summed E-state index contributed by atoms with van der Waals surface area (Å²) in [5, 5.41) is 0.677. The number of hydrogen-bond acceptors (Lipinski definition) is 5. The fourth-order valence-corrected chi connectivity index (χ4v) is 3.48. The molecule has 0 amide bonds. The highest BCUT2D eigenvalue weighted by Crippen LogP contribution is 2.27. The normalized spacial score (nSPS) is 11.2. The number of aryl methyl sites for hydroxylation is 1. The van der Waals surface area contributed by atoms with E-state index in [1.807, 2.05) is 36.4 Å². The Hall–Kier alpha value is -2.86. The Morgan fingerprint density at radius 2 is 1.83 bits per heavy atom. The molecule has 0 aliphatic carbocycles. The van der Waals surface area contributed by atoms with Gasteiger partial charge in [-0.1, -0.05) is 25.1 Å². The minimum absolute atomic E-state index is 0.0315. The molecule has 0 fully saturated rings. The molecule has 6 heteroatoms. The summed E-state index contributed by atoms with van der Waals surface area (Å²) in [6, 6.07) is 13.5. The van der Waals surface area contributed by atoms with Crippen LogP contribution in [0.25, 0.3) is 10.9 Å². The van der Waals surface area contributed by atoms with E-state index in [0.717, 1.165) is 49.5 Å². The number of hydrogen-bond donors (Lipinski definition) is 0. The Morgan fingerprint density at radius 1 is 1.03 bits per heavy atom. The van der Waals surface area contributed by atoms with Gasteiger partial charge in [0, 0.05) is 13.1 Å². The zero-order valence-corrected chi connectivity index (χ0v) is 17.4. The van der Waals surface area contributed by atoms with Crippen LogP contribution in [0.1, 0.15) is 18.9 Å². The fraction of sp³-hybridized carbons (Fsp3) is 0.391. The van der Waals surface area contributed by atoms with Crippen LogP contribution in [0.3, 0.4) is 0 Å². The summed E-state index contributed by atoms with van der Waals surface area (Å²) in [6.45, 7) is 5.69. The first-order chi connectivity index (χ1) is 14.2. The van der Waals surface area contributed by atoms with Gasteiger partial charge in [-0.15, -0.1) is 0 Å². The number of ether oxygens (including phenoxy) is 2. The van der Waals surface area contributed by atoms with Crippen LogP contribution < -0.4 is 15.0 Å². The van der Waals surface area contributed by atoms with Gasteiger partial charge < -0.3 is 14.4 Å². The Labute approximate surface area is 171 Å². The zero-order chi connectivity index (χ0) is 20.6. The molecular weight excluding hydrogens is 366 g/mol. The van der Waals surface area contributed by atoms with Crippen LogP contribution in [0, 0.1) is 0 Å². The van der Waals surface area contributed by atoms with Gasteiger partial charge in [0.15, 0.2) is 11.5 Å². The lowest BCUT2D eigenvalue weighted by Crippen LogP contribution is -2.29. The van der Waals surface area contributed by atoms with Crippen molar-refractivity contribution in [3.63, 3.8) is 0 Å². The monoisotopic (exact) mass is 395 g/mol. The summed E-state index contributed by atoms with van der Waals surface area (Å²) in [4.78, 5) is 19.4. The van der Waals surface area contributed by atoms with Crippen molar-refractivity contribution in [3.05, 3.63) is 64.7 Å². The lowest BCUT2D eigenvalue weighted by atomic mass is 10.1. The predicted molar refractivity (Wildman–Crippen MR) is 116 cm³/mol. The average molecular weight is 396 g/mol. The van der Waals surface area contributed by atoms with Crippen molar-refractivity contribution in [3.8, 4) is 11.5 Å². The Morgan fingerprint density at radius 3 is 2.59 bits per heavy atom. The van der Waals surface area contributed by atoms with E-state index in [1.165, 1.54) is 5.56 Å². The third kappa shape index (κ3) is 5.15. The van der Waals surface area contributed by atoms with E-state index in [-0.39, 0.29) is 5.56 Å². The minimum Gasteiger partial charge on any atom is -0.493 e. The highest BCUT2D eigenvalue weighted by Gasteiger charge is 2.08. The molecule has 1 heterocycles. The Bertz CT molecular complexity index is 1000. The molecule has 1 aromatic heterocycles. The van der Waals surface area contributed by atoms with Gasteiger partial charge in [0.25, 0.3) is 5.56 Å². The van der Waals surface area contributed by atoms with Crippen LogP contribution in [0.2, 0.25) is 0 Å². The van der Waals surface area contributed by atoms with Gasteiger partial charge in [0.05, 0.1) is 31.4 Å². The molecule has 0 spiro atoms. The summed E-state index contributed by atoms with van der Waals surface area (Å²) in [6.07, 6.45) is 3.50. The molecule has 3 rings (SSSR count). The lowest BCUT2D eigenvalue weighted by molar-refractivity contribution is 0.281. The second-order valence-electron chi connectivity index (χ2n) is 6.99. The van der Waals surface area contributed by atoms with Crippen LogP contribution in [-0.2, 0) is 13.0 Å². The van der Waals surface area contributed by atoms with Crippen molar-refractivity contribution < 1.29 is 9.47 Å². The molecule has 154 valence electrons. The first-order valence-corrected chi connectivity index (χ1v) is 10.0.